The van der Waals surface area contributed by atoms with Crippen molar-refractivity contribution in [2.45, 2.75) is 39.5 Å². The fraction of sp³-hybridized carbons (Fsp3) is 0.286. The van der Waals surface area contributed by atoms with Gasteiger partial charge in [0.1, 0.15) is 16.9 Å². The molecule has 1 heterocycles. The molecule has 0 atom stereocenters. The number of furan rings is 1. The number of carbonyl (C=O) groups is 1. The third kappa shape index (κ3) is 3.62. The minimum atomic E-state index is -3.79. The van der Waals surface area contributed by atoms with Crippen molar-refractivity contribution in [3.05, 3.63) is 58.3 Å². The van der Waals surface area contributed by atoms with Crippen molar-refractivity contribution < 1.29 is 22.4 Å². The third-order valence-corrected chi connectivity index (χ3v) is 6.16. The minimum absolute atomic E-state index is 0.239. The Balaban J connectivity index is 2.05. The Morgan fingerprint density at radius 3 is 2.32 bits per heavy atom. The van der Waals surface area contributed by atoms with E-state index in [1.165, 1.54) is 0 Å². The number of hydrogen-bond donors (Lipinski definition) is 1. The van der Waals surface area contributed by atoms with Gasteiger partial charge < -0.3 is 9.15 Å². The Morgan fingerprint density at radius 2 is 1.71 bits per heavy atom. The maximum atomic E-state index is 13.0. The summed E-state index contributed by atoms with van der Waals surface area (Å²) < 4.78 is 39.3. The smallest absolute Gasteiger partial charge is 0.342 e. The molecule has 3 rings (SSSR count). The van der Waals surface area contributed by atoms with Gasteiger partial charge in [0.05, 0.1) is 11.5 Å². The lowest BCUT2D eigenvalue weighted by atomic mass is 10.1. The molecule has 0 saturated carbocycles. The number of ether oxygens (including phenoxy) is 1. The Hall–Kier alpha value is -2.80. The highest BCUT2D eigenvalue weighted by molar-refractivity contribution is 7.92. The first-order chi connectivity index (χ1) is 13.1. The van der Waals surface area contributed by atoms with E-state index in [1.807, 2.05) is 19.1 Å². The van der Waals surface area contributed by atoms with Gasteiger partial charge >= 0.3 is 5.97 Å². The molecule has 1 N–H and O–H groups in total. The quantitative estimate of drug-likeness (QED) is 0.629. The molecule has 0 aliphatic heterocycles. The highest BCUT2D eigenvalue weighted by atomic mass is 32.2. The van der Waals surface area contributed by atoms with Gasteiger partial charge in [0, 0.05) is 11.1 Å². The molecule has 0 fully saturated rings. The lowest BCUT2D eigenvalue weighted by Crippen LogP contribution is -2.16. The van der Waals surface area contributed by atoms with Crippen LogP contribution in [0, 0.1) is 27.7 Å². The lowest BCUT2D eigenvalue weighted by Gasteiger charge is -2.14. The van der Waals surface area contributed by atoms with Crippen molar-refractivity contribution in [3.8, 4) is 0 Å². The predicted octanol–water partition coefficient (Wildman–Crippen LogP) is 4.64. The number of carbonyl (C=O) groups excluding carboxylic acids is 1. The van der Waals surface area contributed by atoms with Crippen LogP contribution in [-0.4, -0.2) is 21.0 Å². The van der Waals surface area contributed by atoms with Crippen LogP contribution in [0.3, 0.4) is 0 Å². The number of hydrogen-bond acceptors (Lipinski definition) is 5. The molecule has 2 aromatic carbocycles. The van der Waals surface area contributed by atoms with Crippen LogP contribution in [0.4, 0.5) is 5.69 Å². The first-order valence-corrected chi connectivity index (χ1v) is 10.4. The standard InChI is InChI=1S/C21H23NO5S/c1-6-26-21(23)19-15(5)27-18-8-7-16(11-17(18)19)22-28(24,25)20-13(3)9-12(2)10-14(20)4/h7-11,22H,6H2,1-5H3. The maximum Gasteiger partial charge on any atom is 0.342 e. The Kier molecular flexibility index (Phi) is 5.21. The van der Waals surface area contributed by atoms with E-state index >= 15 is 0 Å². The second-order valence-electron chi connectivity index (χ2n) is 6.80. The van der Waals surface area contributed by atoms with Crippen LogP contribution in [-0.2, 0) is 14.8 Å². The van der Waals surface area contributed by atoms with Crippen molar-refractivity contribution in [1.29, 1.82) is 0 Å². The molecular weight excluding hydrogens is 378 g/mol. The zero-order valence-corrected chi connectivity index (χ0v) is 17.4. The summed E-state index contributed by atoms with van der Waals surface area (Å²) in [5.41, 5.74) is 3.50. The van der Waals surface area contributed by atoms with Crippen molar-refractivity contribution in [1.82, 2.24) is 0 Å². The Labute approximate surface area is 164 Å². The van der Waals surface area contributed by atoms with Gasteiger partial charge in [-0.2, -0.15) is 0 Å². The van der Waals surface area contributed by atoms with Gasteiger partial charge in [-0.25, -0.2) is 13.2 Å². The average molecular weight is 401 g/mol. The Morgan fingerprint density at radius 1 is 1.07 bits per heavy atom. The van der Waals surface area contributed by atoms with E-state index in [1.54, 1.807) is 45.9 Å². The van der Waals surface area contributed by atoms with Gasteiger partial charge in [-0.05, 0) is 63.9 Å². The van der Waals surface area contributed by atoms with Crippen molar-refractivity contribution in [3.63, 3.8) is 0 Å². The van der Waals surface area contributed by atoms with Gasteiger partial charge in [0.25, 0.3) is 10.0 Å². The minimum Gasteiger partial charge on any atom is -0.462 e. The molecule has 0 amide bonds. The zero-order chi connectivity index (χ0) is 20.6. The van der Waals surface area contributed by atoms with Gasteiger partial charge in [-0.15, -0.1) is 0 Å². The molecule has 7 heteroatoms. The number of fused-ring (bicyclic) bond motifs is 1. The molecular formula is C21H23NO5S. The van der Waals surface area contributed by atoms with Gasteiger partial charge in [-0.3, -0.25) is 4.72 Å². The molecule has 0 aliphatic carbocycles. The van der Waals surface area contributed by atoms with Gasteiger partial charge in [0.15, 0.2) is 0 Å². The number of sulfonamides is 1. The lowest BCUT2D eigenvalue weighted by molar-refractivity contribution is 0.0526. The van der Waals surface area contributed by atoms with Crippen LogP contribution < -0.4 is 4.72 Å². The predicted molar refractivity (Wildman–Crippen MR) is 108 cm³/mol. The Bertz CT molecular complexity index is 1150. The molecule has 0 bridgehead atoms. The number of rotatable bonds is 5. The zero-order valence-electron chi connectivity index (χ0n) is 16.5. The molecule has 1 aromatic heterocycles. The van der Waals surface area contributed by atoms with Crippen molar-refractivity contribution in [2.24, 2.45) is 0 Å². The molecule has 0 unspecified atom stereocenters. The number of esters is 1. The van der Waals surface area contributed by atoms with Crippen LogP contribution in [0.15, 0.2) is 39.6 Å². The van der Waals surface area contributed by atoms with E-state index in [0.717, 1.165) is 5.56 Å². The van der Waals surface area contributed by atoms with E-state index in [4.69, 9.17) is 9.15 Å². The molecule has 0 saturated heterocycles. The first-order valence-electron chi connectivity index (χ1n) is 8.95. The molecule has 0 aliphatic rings. The fourth-order valence-corrected chi connectivity index (χ4v) is 5.04. The van der Waals surface area contributed by atoms with Crippen LogP contribution >= 0.6 is 0 Å². The normalized spacial score (nSPS) is 11.6. The van der Waals surface area contributed by atoms with Gasteiger partial charge in [0.2, 0.25) is 0 Å². The molecule has 0 radical (unpaired) electrons. The number of anilines is 1. The summed E-state index contributed by atoms with van der Waals surface area (Å²) in [6, 6.07) is 8.51. The molecule has 3 aromatic rings. The first kappa shape index (κ1) is 19.9. The van der Waals surface area contributed by atoms with E-state index in [0.29, 0.717) is 39.1 Å². The second kappa shape index (κ2) is 7.31. The van der Waals surface area contributed by atoms with E-state index in [9.17, 15) is 13.2 Å². The topological polar surface area (TPSA) is 85.6 Å². The number of aryl methyl sites for hydroxylation is 4. The largest absolute Gasteiger partial charge is 0.462 e. The highest BCUT2D eigenvalue weighted by Crippen LogP contribution is 2.30. The van der Waals surface area contributed by atoms with Gasteiger partial charge in [-0.1, -0.05) is 17.7 Å². The molecule has 148 valence electrons. The van der Waals surface area contributed by atoms with E-state index in [-0.39, 0.29) is 11.5 Å². The number of nitrogens with one attached hydrogen (secondary N) is 1. The summed E-state index contributed by atoms with van der Waals surface area (Å²) in [6.45, 7) is 9.11. The van der Waals surface area contributed by atoms with E-state index in [2.05, 4.69) is 4.72 Å². The molecule has 0 spiro atoms. The highest BCUT2D eigenvalue weighted by Gasteiger charge is 2.23. The summed E-state index contributed by atoms with van der Waals surface area (Å²) >= 11 is 0. The summed E-state index contributed by atoms with van der Waals surface area (Å²) in [5.74, 6) is -0.0670. The fourth-order valence-electron chi connectivity index (χ4n) is 3.54. The third-order valence-electron chi connectivity index (χ3n) is 4.47. The van der Waals surface area contributed by atoms with Crippen LogP contribution in [0.5, 0.6) is 0 Å². The summed E-state index contributed by atoms with van der Waals surface area (Å²) in [5, 5.41) is 0.508. The molecule has 28 heavy (non-hydrogen) atoms. The average Bonchev–Trinajstić information content (AvgIpc) is 2.88. The maximum absolute atomic E-state index is 13.0. The van der Waals surface area contributed by atoms with Crippen molar-refractivity contribution in [2.75, 3.05) is 11.3 Å². The van der Waals surface area contributed by atoms with E-state index < -0.39 is 16.0 Å². The van der Waals surface area contributed by atoms with Crippen LogP contribution in [0.25, 0.3) is 11.0 Å². The van der Waals surface area contributed by atoms with Crippen molar-refractivity contribution >= 4 is 32.6 Å². The van der Waals surface area contributed by atoms with Crippen LogP contribution in [0.2, 0.25) is 0 Å². The monoisotopic (exact) mass is 401 g/mol. The SMILES string of the molecule is CCOC(=O)c1c(C)oc2ccc(NS(=O)(=O)c3c(C)cc(C)cc3C)cc12. The summed E-state index contributed by atoms with van der Waals surface area (Å²) in [7, 11) is -3.79. The number of benzene rings is 2. The second-order valence-corrected chi connectivity index (χ2v) is 8.42. The summed E-state index contributed by atoms with van der Waals surface area (Å²) in [6.07, 6.45) is 0. The summed E-state index contributed by atoms with van der Waals surface area (Å²) in [4.78, 5) is 12.5. The molecule has 6 nitrogen and oxygen atoms in total. The van der Waals surface area contributed by atoms with Crippen LogP contribution in [0.1, 0.15) is 39.7 Å².